The first kappa shape index (κ1) is 14.5. The number of nitrogens with zero attached hydrogens (tertiary/aromatic N) is 1. The van der Waals surface area contributed by atoms with Crippen LogP contribution in [-0.4, -0.2) is 47.6 Å². The fraction of sp³-hybridized carbons (Fsp3) is 0.455. The normalized spacial score (nSPS) is 24.7. The molecule has 0 unspecified atom stereocenters. The zero-order chi connectivity index (χ0) is 15.1. The van der Waals surface area contributed by atoms with Gasteiger partial charge in [0.05, 0.1) is 24.4 Å². The van der Waals surface area contributed by atoms with Crippen LogP contribution in [0.25, 0.3) is 0 Å². The van der Waals surface area contributed by atoms with Crippen LogP contribution in [0.5, 0.6) is 0 Å². The first-order valence-electron chi connectivity index (χ1n) is 6.45. The molecule has 0 aliphatic carbocycles. The second-order valence-electron chi connectivity index (χ2n) is 4.97. The van der Waals surface area contributed by atoms with Crippen LogP contribution in [0, 0.1) is 11.6 Å². The van der Waals surface area contributed by atoms with Crippen LogP contribution in [0.3, 0.4) is 0 Å². The minimum Gasteiger partial charge on any atom is -0.423 e. The molecular weight excluding hydrogens is 287 g/mol. The zero-order valence-corrected chi connectivity index (χ0v) is 10.9. The van der Waals surface area contributed by atoms with Gasteiger partial charge in [0, 0.05) is 12.1 Å². The van der Waals surface area contributed by atoms with Gasteiger partial charge in [-0.15, -0.1) is 5.53 Å². The highest BCUT2D eigenvalue weighted by Gasteiger charge is 2.38. The van der Waals surface area contributed by atoms with E-state index in [1.807, 2.05) is 0 Å². The van der Waals surface area contributed by atoms with Crippen molar-refractivity contribution in [1.29, 1.82) is 0 Å². The first-order valence-corrected chi connectivity index (χ1v) is 6.45. The molecule has 2 aliphatic heterocycles. The minimum atomic E-state index is -2.12. The zero-order valence-electron chi connectivity index (χ0n) is 10.9. The number of ether oxygens (including phenoxy) is 1. The molecule has 114 valence electrons. The van der Waals surface area contributed by atoms with E-state index in [1.165, 1.54) is 5.01 Å². The van der Waals surface area contributed by atoms with E-state index in [0.717, 1.165) is 6.07 Å². The second-order valence-corrected chi connectivity index (χ2v) is 4.97. The molecule has 1 fully saturated rings. The fourth-order valence-electron chi connectivity index (χ4n) is 2.54. The van der Waals surface area contributed by atoms with E-state index in [2.05, 4.69) is 11.0 Å². The lowest BCUT2D eigenvalue weighted by Crippen LogP contribution is -2.55. The van der Waals surface area contributed by atoms with E-state index in [9.17, 15) is 13.9 Å². The summed E-state index contributed by atoms with van der Waals surface area (Å²) < 4.78 is 33.3. The van der Waals surface area contributed by atoms with E-state index in [-0.39, 0.29) is 18.0 Å². The van der Waals surface area contributed by atoms with Crippen molar-refractivity contribution in [3.8, 4) is 0 Å². The lowest BCUT2D eigenvalue weighted by molar-refractivity contribution is -0.00794. The first-order chi connectivity index (χ1) is 10.0. The van der Waals surface area contributed by atoms with Gasteiger partial charge in [-0.25, -0.2) is 8.78 Å². The number of halogens is 2. The molecule has 1 saturated heterocycles. The maximum absolute atomic E-state index is 14.2. The fourth-order valence-corrected chi connectivity index (χ4v) is 2.54. The SMILES string of the molecule is OB(O)c1cc2c(c(F)c1F)N([C@H]1COCC[C@@H]1O)NN2. The molecule has 10 heteroatoms. The van der Waals surface area contributed by atoms with Gasteiger partial charge in [-0.05, 0) is 12.5 Å². The lowest BCUT2D eigenvalue weighted by atomic mass is 9.79. The van der Waals surface area contributed by atoms with E-state index in [0.29, 0.717) is 13.0 Å². The van der Waals surface area contributed by atoms with Gasteiger partial charge >= 0.3 is 7.12 Å². The Kier molecular flexibility index (Phi) is 3.72. The van der Waals surface area contributed by atoms with Gasteiger partial charge in [-0.2, -0.15) is 0 Å². The maximum atomic E-state index is 14.2. The van der Waals surface area contributed by atoms with Crippen molar-refractivity contribution in [2.75, 3.05) is 23.6 Å². The Balaban J connectivity index is 2.00. The maximum Gasteiger partial charge on any atom is 0.491 e. The molecule has 3 rings (SSSR count). The van der Waals surface area contributed by atoms with Crippen molar-refractivity contribution in [3.63, 3.8) is 0 Å². The van der Waals surface area contributed by atoms with E-state index < -0.39 is 36.4 Å². The van der Waals surface area contributed by atoms with Crippen LogP contribution in [0.15, 0.2) is 6.07 Å². The van der Waals surface area contributed by atoms with Gasteiger partial charge in [0.25, 0.3) is 0 Å². The van der Waals surface area contributed by atoms with Crippen molar-refractivity contribution in [1.82, 2.24) is 5.53 Å². The van der Waals surface area contributed by atoms with Crippen molar-refractivity contribution >= 4 is 24.0 Å². The lowest BCUT2D eigenvalue weighted by Gasteiger charge is -2.35. The summed E-state index contributed by atoms with van der Waals surface area (Å²) in [7, 11) is -2.12. The Bertz CT molecular complexity index is 563. The van der Waals surface area contributed by atoms with Gasteiger partial charge in [0.15, 0.2) is 11.6 Å². The molecule has 0 radical (unpaired) electrons. The number of hydrogen-bond donors (Lipinski definition) is 5. The Hall–Kier alpha value is -1.46. The number of aliphatic hydroxyl groups is 1. The van der Waals surface area contributed by atoms with Gasteiger partial charge < -0.3 is 25.3 Å². The number of anilines is 2. The number of hydrazine groups is 2. The average Bonchev–Trinajstić information content (AvgIpc) is 2.87. The molecule has 0 bridgehead atoms. The van der Waals surface area contributed by atoms with Crippen molar-refractivity contribution in [3.05, 3.63) is 17.7 Å². The Morgan fingerprint density at radius 1 is 1.33 bits per heavy atom. The highest BCUT2D eigenvalue weighted by molar-refractivity contribution is 6.58. The van der Waals surface area contributed by atoms with Crippen molar-refractivity contribution in [2.24, 2.45) is 0 Å². The third kappa shape index (κ3) is 2.34. The quantitative estimate of drug-likeness (QED) is 0.422. The number of rotatable bonds is 2. The smallest absolute Gasteiger partial charge is 0.423 e. The molecule has 0 amide bonds. The summed E-state index contributed by atoms with van der Waals surface area (Å²) in [4.78, 5) is 0. The summed E-state index contributed by atoms with van der Waals surface area (Å²) in [6.45, 7) is 0.555. The predicted molar refractivity (Wildman–Crippen MR) is 70.7 cm³/mol. The topological polar surface area (TPSA) is 97.2 Å². The molecule has 2 aliphatic rings. The third-order valence-electron chi connectivity index (χ3n) is 3.66. The number of nitrogens with one attached hydrogen (secondary N) is 2. The molecule has 5 N–H and O–H groups in total. The average molecular weight is 301 g/mol. The molecule has 0 saturated carbocycles. The minimum absolute atomic E-state index is 0.133. The van der Waals surface area contributed by atoms with Crippen LogP contribution in [0.2, 0.25) is 0 Å². The standard InChI is InChI=1S/C11H14BF2N3O4/c13-9-5(12(19)20)3-6-11(10(9)14)17(16-15-6)7-4-21-2-1-8(7)18/h3,7-8,15-16,18-20H,1-2,4H2/t7-,8-/m0/s1. The molecule has 0 aromatic heterocycles. The highest BCUT2D eigenvalue weighted by Crippen LogP contribution is 2.35. The number of fused-ring (bicyclic) bond motifs is 1. The van der Waals surface area contributed by atoms with Crippen LogP contribution >= 0.6 is 0 Å². The summed E-state index contributed by atoms with van der Waals surface area (Å²) in [5.41, 5.74) is 4.69. The summed E-state index contributed by atoms with van der Waals surface area (Å²) in [5.74, 6) is -2.57. The van der Waals surface area contributed by atoms with Crippen LogP contribution in [0.4, 0.5) is 20.2 Å². The number of aliphatic hydroxyl groups excluding tert-OH is 1. The molecule has 1 aromatic rings. The third-order valence-corrected chi connectivity index (χ3v) is 3.66. The van der Waals surface area contributed by atoms with Crippen LogP contribution in [0.1, 0.15) is 6.42 Å². The summed E-state index contributed by atoms with van der Waals surface area (Å²) >= 11 is 0. The Labute approximate surface area is 119 Å². The van der Waals surface area contributed by atoms with E-state index in [1.54, 1.807) is 0 Å². The summed E-state index contributed by atoms with van der Waals surface area (Å²) in [6, 6.07) is 0.507. The Morgan fingerprint density at radius 3 is 2.76 bits per heavy atom. The summed E-state index contributed by atoms with van der Waals surface area (Å²) in [5, 5.41) is 29.3. The van der Waals surface area contributed by atoms with E-state index >= 15 is 0 Å². The van der Waals surface area contributed by atoms with Gasteiger partial charge in [0.2, 0.25) is 0 Å². The number of hydrogen-bond acceptors (Lipinski definition) is 7. The van der Waals surface area contributed by atoms with Gasteiger partial charge in [0.1, 0.15) is 5.69 Å². The largest absolute Gasteiger partial charge is 0.491 e. The molecule has 7 nitrogen and oxygen atoms in total. The van der Waals surface area contributed by atoms with Gasteiger partial charge in [-0.3, -0.25) is 5.01 Å². The Morgan fingerprint density at radius 2 is 2.10 bits per heavy atom. The summed E-state index contributed by atoms with van der Waals surface area (Å²) in [6.07, 6.45) is -0.375. The van der Waals surface area contributed by atoms with E-state index in [4.69, 9.17) is 14.8 Å². The predicted octanol–water partition coefficient (Wildman–Crippen LogP) is -1.55. The van der Waals surface area contributed by atoms with Crippen LogP contribution in [-0.2, 0) is 4.74 Å². The van der Waals surface area contributed by atoms with Crippen molar-refractivity contribution < 1.29 is 28.7 Å². The molecular formula is C11H14BF2N3O4. The highest BCUT2D eigenvalue weighted by atomic mass is 19.2. The van der Waals surface area contributed by atoms with Crippen molar-refractivity contribution in [2.45, 2.75) is 18.6 Å². The van der Waals surface area contributed by atoms with Crippen LogP contribution < -0.4 is 21.4 Å². The monoisotopic (exact) mass is 301 g/mol. The van der Waals surface area contributed by atoms with Gasteiger partial charge in [-0.1, -0.05) is 0 Å². The molecule has 1 aromatic carbocycles. The molecule has 21 heavy (non-hydrogen) atoms. The number of benzene rings is 1. The molecule has 2 atom stereocenters. The molecule has 0 spiro atoms. The second kappa shape index (κ2) is 5.39. The molecule has 2 heterocycles.